The minimum Gasteiger partial charge on any atom is -0.319 e. The van der Waals surface area contributed by atoms with Gasteiger partial charge in [-0.05, 0) is 62.5 Å². The van der Waals surface area contributed by atoms with E-state index in [2.05, 4.69) is 48.6 Å². The summed E-state index contributed by atoms with van der Waals surface area (Å²) in [7, 11) is 2.01. The molecular formula is C18H22ClN. The number of hydrogen-bond acceptors (Lipinski definition) is 1. The molecule has 2 rings (SSSR count). The van der Waals surface area contributed by atoms with Crippen molar-refractivity contribution in [1.29, 1.82) is 0 Å². The van der Waals surface area contributed by atoms with E-state index in [4.69, 9.17) is 11.6 Å². The average Bonchev–Trinajstić information content (AvgIpc) is 2.42. The van der Waals surface area contributed by atoms with Gasteiger partial charge in [-0.15, -0.1) is 0 Å². The maximum atomic E-state index is 6.07. The first-order valence-corrected chi connectivity index (χ1v) is 7.50. The monoisotopic (exact) mass is 287 g/mol. The molecule has 0 aliphatic heterocycles. The van der Waals surface area contributed by atoms with Gasteiger partial charge in [0.2, 0.25) is 0 Å². The first-order valence-electron chi connectivity index (χ1n) is 7.12. The maximum absolute atomic E-state index is 6.07. The Bertz CT molecular complexity index is 533. The van der Waals surface area contributed by atoms with Crippen molar-refractivity contribution in [2.75, 3.05) is 13.6 Å². The Labute approximate surface area is 127 Å². The van der Waals surface area contributed by atoms with Crippen LogP contribution in [0.4, 0.5) is 0 Å². The summed E-state index contributed by atoms with van der Waals surface area (Å²) in [6.07, 6.45) is 2.14. The predicted molar refractivity (Wildman–Crippen MR) is 87.5 cm³/mol. The van der Waals surface area contributed by atoms with E-state index in [1.807, 2.05) is 19.2 Å². The molecular weight excluding hydrogens is 266 g/mol. The van der Waals surface area contributed by atoms with E-state index in [-0.39, 0.29) is 0 Å². The Morgan fingerprint density at radius 3 is 2.35 bits per heavy atom. The zero-order valence-corrected chi connectivity index (χ0v) is 13.0. The van der Waals surface area contributed by atoms with Gasteiger partial charge in [0, 0.05) is 5.02 Å². The second-order valence-electron chi connectivity index (χ2n) is 5.45. The quantitative estimate of drug-likeness (QED) is 0.837. The van der Waals surface area contributed by atoms with Gasteiger partial charge in [-0.3, -0.25) is 0 Å². The highest BCUT2D eigenvalue weighted by Gasteiger charge is 2.10. The third-order valence-corrected chi connectivity index (χ3v) is 3.79. The summed E-state index contributed by atoms with van der Waals surface area (Å²) in [6.45, 7) is 3.14. The van der Waals surface area contributed by atoms with Crippen LogP contribution in [0, 0.1) is 12.8 Å². The normalized spacial score (nSPS) is 12.3. The van der Waals surface area contributed by atoms with E-state index in [0.717, 1.165) is 24.4 Å². The van der Waals surface area contributed by atoms with Crippen LogP contribution in [0.25, 0.3) is 0 Å². The molecule has 0 saturated heterocycles. The lowest BCUT2D eigenvalue weighted by atomic mass is 9.92. The lowest BCUT2D eigenvalue weighted by molar-refractivity contribution is 0.493. The smallest absolute Gasteiger partial charge is 0.0408 e. The molecule has 0 fully saturated rings. The molecule has 0 bridgehead atoms. The molecule has 2 aromatic carbocycles. The zero-order valence-electron chi connectivity index (χ0n) is 12.2. The molecule has 1 N–H and O–H groups in total. The van der Waals surface area contributed by atoms with E-state index in [1.165, 1.54) is 16.7 Å². The molecule has 106 valence electrons. The van der Waals surface area contributed by atoms with Crippen molar-refractivity contribution >= 4 is 11.6 Å². The first kappa shape index (κ1) is 15.1. The molecule has 1 nitrogen and oxygen atoms in total. The second-order valence-corrected chi connectivity index (χ2v) is 5.88. The van der Waals surface area contributed by atoms with Crippen LogP contribution in [-0.4, -0.2) is 13.6 Å². The van der Waals surface area contributed by atoms with Crippen LogP contribution in [0.5, 0.6) is 0 Å². The third kappa shape index (κ3) is 4.66. The number of rotatable bonds is 6. The lowest BCUT2D eigenvalue weighted by Gasteiger charge is -2.17. The minimum absolute atomic E-state index is 0.584. The van der Waals surface area contributed by atoms with Crippen molar-refractivity contribution in [2.45, 2.75) is 19.8 Å². The summed E-state index contributed by atoms with van der Waals surface area (Å²) < 4.78 is 0. The SMILES string of the molecule is CNCC(Cc1ccc(C)cc1)Cc1cccc(Cl)c1. The Kier molecular flexibility index (Phi) is 5.63. The van der Waals surface area contributed by atoms with Crippen molar-refractivity contribution in [3.8, 4) is 0 Å². The number of halogens is 1. The van der Waals surface area contributed by atoms with E-state index in [1.54, 1.807) is 0 Å². The summed E-state index contributed by atoms with van der Waals surface area (Å²) in [5.74, 6) is 0.584. The fourth-order valence-corrected chi connectivity index (χ4v) is 2.77. The van der Waals surface area contributed by atoms with Crippen LogP contribution in [0.15, 0.2) is 48.5 Å². The molecule has 1 unspecified atom stereocenters. The number of hydrogen-bond donors (Lipinski definition) is 1. The fourth-order valence-electron chi connectivity index (χ4n) is 2.56. The maximum Gasteiger partial charge on any atom is 0.0408 e. The molecule has 0 radical (unpaired) electrons. The summed E-state index contributed by atoms with van der Waals surface area (Å²) in [5, 5.41) is 4.12. The Balaban J connectivity index is 2.05. The van der Waals surface area contributed by atoms with Crippen molar-refractivity contribution in [3.63, 3.8) is 0 Å². The van der Waals surface area contributed by atoms with E-state index in [9.17, 15) is 0 Å². The first-order chi connectivity index (χ1) is 9.67. The summed E-state index contributed by atoms with van der Waals surface area (Å²) in [5.41, 5.74) is 4.02. The highest BCUT2D eigenvalue weighted by molar-refractivity contribution is 6.30. The van der Waals surface area contributed by atoms with Crippen LogP contribution in [0.3, 0.4) is 0 Å². The topological polar surface area (TPSA) is 12.0 Å². The zero-order chi connectivity index (χ0) is 14.4. The molecule has 0 heterocycles. The highest BCUT2D eigenvalue weighted by Crippen LogP contribution is 2.18. The van der Waals surface area contributed by atoms with E-state index in [0.29, 0.717) is 5.92 Å². The van der Waals surface area contributed by atoms with Crippen molar-refractivity contribution in [2.24, 2.45) is 5.92 Å². The molecule has 2 aromatic rings. The molecule has 0 aliphatic carbocycles. The Morgan fingerprint density at radius 2 is 1.70 bits per heavy atom. The van der Waals surface area contributed by atoms with Crippen LogP contribution in [0.2, 0.25) is 5.02 Å². The summed E-state index contributed by atoms with van der Waals surface area (Å²) >= 11 is 6.07. The van der Waals surface area contributed by atoms with Crippen LogP contribution < -0.4 is 5.32 Å². The van der Waals surface area contributed by atoms with Crippen LogP contribution >= 0.6 is 11.6 Å². The van der Waals surface area contributed by atoms with Gasteiger partial charge in [0.15, 0.2) is 0 Å². The second kappa shape index (κ2) is 7.47. The highest BCUT2D eigenvalue weighted by atomic mass is 35.5. The van der Waals surface area contributed by atoms with Gasteiger partial charge in [0.05, 0.1) is 0 Å². The number of benzene rings is 2. The Morgan fingerprint density at radius 1 is 1.00 bits per heavy atom. The van der Waals surface area contributed by atoms with Crippen molar-refractivity contribution < 1.29 is 0 Å². The van der Waals surface area contributed by atoms with Crippen LogP contribution in [-0.2, 0) is 12.8 Å². The predicted octanol–water partition coefficient (Wildman–Crippen LogP) is 4.27. The van der Waals surface area contributed by atoms with Gasteiger partial charge in [0.1, 0.15) is 0 Å². The summed E-state index contributed by atoms with van der Waals surface area (Å²) in [6, 6.07) is 17.0. The minimum atomic E-state index is 0.584. The molecule has 0 amide bonds. The van der Waals surface area contributed by atoms with Gasteiger partial charge < -0.3 is 5.32 Å². The van der Waals surface area contributed by atoms with Gasteiger partial charge in [0.25, 0.3) is 0 Å². The van der Waals surface area contributed by atoms with Crippen molar-refractivity contribution in [3.05, 3.63) is 70.2 Å². The molecule has 1 atom stereocenters. The Hall–Kier alpha value is -1.31. The van der Waals surface area contributed by atoms with Crippen LogP contribution in [0.1, 0.15) is 16.7 Å². The van der Waals surface area contributed by atoms with E-state index >= 15 is 0 Å². The molecule has 0 saturated carbocycles. The standard InChI is InChI=1S/C18H22ClN/c1-14-6-8-15(9-7-14)10-17(13-20-2)11-16-4-3-5-18(19)12-16/h3-9,12,17,20H,10-11,13H2,1-2H3. The average molecular weight is 288 g/mol. The largest absolute Gasteiger partial charge is 0.319 e. The lowest BCUT2D eigenvalue weighted by Crippen LogP contribution is -2.22. The molecule has 20 heavy (non-hydrogen) atoms. The molecule has 0 aromatic heterocycles. The van der Waals surface area contributed by atoms with Gasteiger partial charge in [-0.1, -0.05) is 53.6 Å². The molecule has 0 aliphatic rings. The molecule has 0 spiro atoms. The third-order valence-electron chi connectivity index (χ3n) is 3.55. The van der Waals surface area contributed by atoms with Gasteiger partial charge in [-0.25, -0.2) is 0 Å². The van der Waals surface area contributed by atoms with Gasteiger partial charge >= 0.3 is 0 Å². The van der Waals surface area contributed by atoms with Crippen molar-refractivity contribution in [1.82, 2.24) is 5.32 Å². The number of nitrogens with one attached hydrogen (secondary N) is 1. The fraction of sp³-hybridized carbons (Fsp3) is 0.333. The summed E-state index contributed by atoms with van der Waals surface area (Å²) in [4.78, 5) is 0. The molecule has 2 heteroatoms. The number of aryl methyl sites for hydroxylation is 1. The van der Waals surface area contributed by atoms with Gasteiger partial charge in [-0.2, -0.15) is 0 Å². The van der Waals surface area contributed by atoms with E-state index < -0.39 is 0 Å².